The van der Waals surface area contributed by atoms with E-state index in [1.807, 2.05) is 26.0 Å². The van der Waals surface area contributed by atoms with Crippen molar-refractivity contribution in [3.63, 3.8) is 0 Å². The average Bonchev–Trinajstić information content (AvgIpc) is 3.47. The van der Waals surface area contributed by atoms with Gasteiger partial charge in [0.2, 0.25) is 5.91 Å². The number of amides is 2. The zero-order chi connectivity index (χ0) is 26.5. The summed E-state index contributed by atoms with van der Waals surface area (Å²) < 4.78 is 59.3. The van der Waals surface area contributed by atoms with Crippen LogP contribution in [0.2, 0.25) is 0 Å². The summed E-state index contributed by atoms with van der Waals surface area (Å²) in [7, 11) is 0. The second-order valence-corrected chi connectivity index (χ2v) is 10.1. The Balaban J connectivity index is 1.40. The monoisotopic (exact) mass is 519 g/mol. The molecule has 2 saturated heterocycles. The first-order valence-corrected chi connectivity index (χ1v) is 12.5. The van der Waals surface area contributed by atoms with Crippen molar-refractivity contribution in [2.45, 2.75) is 51.0 Å². The fourth-order valence-electron chi connectivity index (χ4n) is 5.40. The van der Waals surface area contributed by atoms with Crippen LogP contribution < -0.4 is 10.6 Å². The third-order valence-electron chi connectivity index (χ3n) is 7.51. The van der Waals surface area contributed by atoms with Crippen molar-refractivity contribution < 1.29 is 31.9 Å². The van der Waals surface area contributed by atoms with Gasteiger partial charge in [0, 0.05) is 29.8 Å². The summed E-state index contributed by atoms with van der Waals surface area (Å²) in [5.74, 6) is -1.78. The Morgan fingerprint density at radius 2 is 1.89 bits per heavy atom. The molecule has 1 aliphatic carbocycles. The van der Waals surface area contributed by atoms with E-state index in [1.54, 1.807) is 11.0 Å². The van der Waals surface area contributed by atoms with Gasteiger partial charge < -0.3 is 20.3 Å². The average molecular weight is 520 g/mol. The van der Waals surface area contributed by atoms with E-state index in [0.717, 1.165) is 24.1 Å². The number of benzene rings is 2. The normalized spacial score (nSPS) is 23.7. The Hall–Kier alpha value is -3.14. The number of hydrogen-bond donors (Lipinski definition) is 2. The highest BCUT2D eigenvalue weighted by atomic mass is 19.4. The number of aryl methyl sites for hydroxylation is 1. The Morgan fingerprint density at radius 1 is 1.14 bits per heavy atom. The van der Waals surface area contributed by atoms with Crippen LogP contribution in [0.5, 0.6) is 0 Å². The van der Waals surface area contributed by atoms with Crippen molar-refractivity contribution in [3.05, 3.63) is 64.5 Å². The highest BCUT2D eigenvalue weighted by molar-refractivity contribution is 6.03. The van der Waals surface area contributed by atoms with Gasteiger partial charge in [-0.1, -0.05) is 17.7 Å². The van der Waals surface area contributed by atoms with Crippen molar-refractivity contribution in [1.82, 2.24) is 10.2 Å². The number of rotatable bonds is 7. The number of likely N-dealkylation sites (tertiary alicyclic amines) is 1. The molecule has 2 aromatic carbocycles. The minimum atomic E-state index is -4.68. The van der Waals surface area contributed by atoms with Gasteiger partial charge >= 0.3 is 6.18 Å². The van der Waals surface area contributed by atoms with Crippen LogP contribution >= 0.6 is 0 Å². The third kappa shape index (κ3) is 4.91. The Labute approximate surface area is 212 Å². The van der Waals surface area contributed by atoms with E-state index in [9.17, 15) is 27.2 Å². The van der Waals surface area contributed by atoms with Crippen LogP contribution in [0.1, 0.15) is 52.9 Å². The molecule has 0 radical (unpaired) electrons. The van der Waals surface area contributed by atoms with E-state index in [4.69, 9.17) is 4.74 Å². The van der Waals surface area contributed by atoms with E-state index < -0.39 is 35.5 Å². The smallest absolute Gasteiger partial charge is 0.385 e. The van der Waals surface area contributed by atoms with E-state index >= 15 is 0 Å². The zero-order valence-electron chi connectivity index (χ0n) is 20.6. The van der Waals surface area contributed by atoms with Crippen LogP contribution in [0, 0.1) is 24.6 Å². The first kappa shape index (κ1) is 25.5. The predicted octanol–water partition coefficient (Wildman–Crippen LogP) is 4.69. The first-order chi connectivity index (χ1) is 17.6. The second kappa shape index (κ2) is 9.63. The van der Waals surface area contributed by atoms with Crippen LogP contribution in [0.15, 0.2) is 36.4 Å². The van der Waals surface area contributed by atoms with Gasteiger partial charge in [-0.25, -0.2) is 4.39 Å². The molecule has 37 heavy (non-hydrogen) atoms. The number of ether oxygens (including phenoxy) is 1. The lowest BCUT2D eigenvalue weighted by atomic mass is 9.90. The van der Waals surface area contributed by atoms with Crippen molar-refractivity contribution in [2.75, 3.05) is 25.1 Å². The molecule has 0 bridgehead atoms. The lowest BCUT2D eigenvalue weighted by Crippen LogP contribution is -2.51. The summed E-state index contributed by atoms with van der Waals surface area (Å²) in [5.41, 5.74) is 0.984. The molecule has 1 saturated carbocycles. The molecular weight excluding hydrogens is 490 g/mol. The fraction of sp³-hybridized carbons (Fsp3) is 0.481. The minimum absolute atomic E-state index is 0.0243. The molecule has 2 aromatic rings. The number of carbonyl (C=O) groups excluding carboxylic acids is 2. The van der Waals surface area contributed by atoms with E-state index in [-0.39, 0.29) is 42.6 Å². The quantitative estimate of drug-likeness (QED) is 0.521. The van der Waals surface area contributed by atoms with Gasteiger partial charge in [-0.05, 0) is 56.9 Å². The summed E-state index contributed by atoms with van der Waals surface area (Å²) in [6, 6.07) is 6.26. The van der Waals surface area contributed by atoms with Gasteiger partial charge in [0.25, 0.3) is 5.91 Å². The van der Waals surface area contributed by atoms with Crippen molar-refractivity contribution in [1.29, 1.82) is 0 Å². The molecule has 0 unspecified atom stereocenters. The molecular formula is C27H29F4N3O3. The van der Waals surface area contributed by atoms with Gasteiger partial charge in [-0.15, -0.1) is 0 Å². The van der Waals surface area contributed by atoms with E-state index in [1.165, 1.54) is 0 Å². The number of alkyl halides is 3. The maximum Gasteiger partial charge on any atom is 0.416 e. The minimum Gasteiger partial charge on any atom is -0.385 e. The van der Waals surface area contributed by atoms with Gasteiger partial charge in [-0.2, -0.15) is 13.2 Å². The number of piperidine rings is 1. The summed E-state index contributed by atoms with van der Waals surface area (Å²) >= 11 is 0. The Morgan fingerprint density at radius 3 is 2.51 bits per heavy atom. The second-order valence-electron chi connectivity index (χ2n) is 10.1. The third-order valence-corrected chi connectivity index (χ3v) is 7.51. The lowest BCUT2D eigenvalue weighted by molar-refractivity contribution is -0.138. The van der Waals surface area contributed by atoms with Gasteiger partial charge in [0.1, 0.15) is 11.9 Å². The van der Waals surface area contributed by atoms with E-state index in [2.05, 4.69) is 10.6 Å². The Kier molecular flexibility index (Phi) is 6.64. The molecule has 2 amide bonds. The number of hydrogen-bond acceptors (Lipinski definition) is 4. The zero-order valence-corrected chi connectivity index (χ0v) is 20.6. The predicted molar refractivity (Wildman–Crippen MR) is 128 cm³/mol. The molecule has 4 atom stereocenters. The van der Waals surface area contributed by atoms with Gasteiger partial charge in [0.15, 0.2) is 0 Å². The molecule has 6 nitrogen and oxygen atoms in total. The van der Waals surface area contributed by atoms with Crippen LogP contribution in [-0.4, -0.2) is 48.6 Å². The summed E-state index contributed by atoms with van der Waals surface area (Å²) in [5, 5.41) is 6.06. The molecule has 10 heteroatoms. The van der Waals surface area contributed by atoms with Crippen molar-refractivity contribution in [3.8, 4) is 0 Å². The van der Waals surface area contributed by atoms with Gasteiger partial charge in [0.05, 0.1) is 30.4 Å². The highest BCUT2D eigenvalue weighted by Gasteiger charge is 2.56. The van der Waals surface area contributed by atoms with Crippen molar-refractivity contribution >= 4 is 17.5 Å². The number of carbonyl (C=O) groups is 2. The van der Waals surface area contributed by atoms with Crippen LogP contribution in [0.3, 0.4) is 0 Å². The summed E-state index contributed by atoms with van der Waals surface area (Å²) in [4.78, 5) is 28.9. The molecule has 2 N–H and O–H groups in total. The topological polar surface area (TPSA) is 70.7 Å². The standard InChI is InChI=1S/C27H29F4N3O3/c1-3-32-21-7-4-14(2)8-19(21)26(36)34-22-9-15(22)10-23(34)25(35)33-24(16-12-37-13-16)18-6-5-17(11-20(18)28)27(29,30)31/h4-8,11,15-16,22-24,32H,3,9-10,12-13H2,1-2H3,(H,33,35)/t15-,22-,23-,24-/m1/s1. The van der Waals surface area contributed by atoms with Gasteiger partial charge in [-0.3, -0.25) is 9.59 Å². The fourth-order valence-corrected chi connectivity index (χ4v) is 5.40. The molecule has 5 rings (SSSR count). The Bertz CT molecular complexity index is 1210. The SMILES string of the molecule is CCNc1ccc(C)cc1C(=O)N1[C@@H](C(=O)N[C@@H](c2ccc(C(F)(F)F)cc2F)C2COC2)C[C@H]2C[C@H]21. The molecule has 3 aliphatic rings. The largest absolute Gasteiger partial charge is 0.416 e. The van der Waals surface area contributed by atoms with Crippen LogP contribution in [0.25, 0.3) is 0 Å². The first-order valence-electron chi connectivity index (χ1n) is 12.5. The summed E-state index contributed by atoms with van der Waals surface area (Å²) in [6.45, 7) is 4.95. The van der Waals surface area contributed by atoms with Crippen LogP contribution in [0.4, 0.5) is 23.2 Å². The number of fused-ring (bicyclic) bond motifs is 1. The molecule has 2 aliphatic heterocycles. The van der Waals surface area contributed by atoms with Crippen molar-refractivity contribution in [2.24, 2.45) is 11.8 Å². The molecule has 0 aromatic heterocycles. The summed E-state index contributed by atoms with van der Waals surface area (Å²) in [6.07, 6.45) is -3.36. The maximum atomic E-state index is 14.9. The maximum absolute atomic E-state index is 14.9. The lowest BCUT2D eigenvalue weighted by Gasteiger charge is -2.36. The number of nitrogens with zero attached hydrogens (tertiary/aromatic N) is 1. The number of anilines is 1. The molecule has 198 valence electrons. The van der Waals surface area contributed by atoms with E-state index in [0.29, 0.717) is 30.3 Å². The molecule has 2 heterocycles. The van der Waals surface area contributed by atoms with Crippen LogP contribution in [-0.2, 0) is 15.7 Å². The number of halogens is 4. The highest BCUT2D eigenvalue weighted by Crippen LogP contribution is 2.49. The molecule has 0 spiro atoms. The molecule has 3 fully saturated rings. The number of nitrogens with one attached hydrogen (secondary N) is 2.